The fourth-order valence-electron chi connectivity index (χ4n) is 4.85. The van der Waals surface area contributed by atoms with E-state index in [1.165, 1.54) is 18.4 Å². The summed E-state index contributed by atoms with van der Waals surface area (Å²) in [7, 11) is 0. The zero-order valence-electron chi connectivity index (χ0n) is 22.0. The van der Waals surface area contributed by atoms with Gasteiger partial charge >= 0.3 is 0 Å². The Hall–Kier alpha value is -4.38. The Balaban J connectivity index is 1.43. The first-order chi connectivity index (χ1) is 19.0. The van der Waals surface area contributed by atoms with Crippen LogP contribution in [0, 0.1) is 11.8 Å². The first kappa shape index (κ1) is 26.2. The van der Waals surface area contributed by atoms with Crippen molar-refractivity contribution in [1.82, 2.24) is 10.2 Å². The van der Waals surface area contributed by atoms with Crippen LogP contribution in [0.4, 0.5) is 11.4 Å². The summed E-state index contributed by atoms with van der Waals surface area (Å²) in [4.78, 5) is 27.7. The van der Waals surface area contributed by atoms with Crippen LogP contribution in [0.25, 0.3) is 11.3 Å². The Kier molecular flexibility index (Phi) is 8.07. The van der Waals surface area contributed by atoms with Gasteiger partial charge in [0.2, 0.25) is 0 Å². The Bertz CT molecular complexity index is 1450. The second-order valence-corrected chi connectivity index (χ2v) is 9.94. The van der Waals surface area contributed by atoms with Crippen molar-refractivity contribution in [3.63, 3.8) is 0 Å². The average Bonchev–Trinajstić information content (AvgIpc) is 3.58. The van der Waals surface area contributed by atoms with Crippen LogP contribution in [-0.4, -0.2) is 47.6 Å². The van der Waals surface area contributed by atoms with Gasteiger partial charge in [0.1, 0.15) is 0 Å². The Labute approximate surface area is 228 Å². The quantitative estimate of drug-likeness (QED) is 0.279. The summed E-state index contributed by atoms with van der Waals surface area (Å²) in [6, 6.07) is 23.3. The van der Waals surface area contributed by atoms with E-state index in [1.54, 1.807) is 19.1 Å². The number of hydrogen-bond acceptors (Lipinski definition) is 5. The third-order valence-electron chi connectivity index (χ3n) is 6.88. The maximum absolute atomic E-state index is 13.3. The van der Waals surface area contributed by atoms with Crippen molar-refractivity contribution < 1.29 is 14.7 Å². The summed E-state index contributed by atoms with van der Waals surface area (Å²) in [5, 5.41) is 18.2. The zero-order valence-corrected chi connectivity index (χ0v) is 22.0. The number of hydrogen-bond donors (Lipinski definition) is 4. The highest BCUT2D eigenvalue weighted by molar-refractivity contribution is 6.37. The maximum atomic E-state index is 13.3. The van der Waals surface area contributed by atoms with Crippen LogP contribution in [-0.2, 0) is 16.1 Å². The monoisotopic (exact) mass is 520 g/mol. The van der Waals surface area contributed by atoms with Gasteiger partial charge in [-0.2, -0.15) is 0 Å². The van der Waals surface area contributed by atoms with Gasteiger partial charge in [0.05, 0.1) is 29.6 Å². The molecule has 39 heavy (non-hydrogen) atoms. The van der Waals surface area contributed by atoms with E-state index in [-0.39, 0.29) is 18.6 Å². The minimum absolute atomic E-state index is 0.159. The third-order valence-corrected chi connectivity index (χ3v) is 6.88. The van der Waals surface area contributed by atoms with Crippen LogP contribution in [0.3, 0.4) is 0 Å². The lowest BCUT2D eigenvalue weighted by atomic mass is 9.99. The lowest BCUT2D eigenvalue weighted by molar-refractivity contribution is -0.116. The van der Waals surface area contributed by atoms with Crippen molar-refractivity contribution in [2.75, 3.05) is 30.3 Å². The van der Waals surface area contributed by atoms with E-state index in [2.05, 4.69) is 57.0 Å². The molecule has 0 unspecified atom stereocenters. The van der Waals surface area contributed by atoms with Crippen molar-refractivity contribution in [2.24, 2.45) is 0 Å². The highest BCUT2D eigenvalue weighted by atomic mass is 16.3. The van der Waals surface area contributed by atoms with E-state index in [0.29, 0.717) is 16.8 Å². The Morgan fingerprint density at radius 2 is 1.79 bits per heavy atom. The molecule has 0 spiro atoms. The molecule has 0 radical (unpaired) electrons. The molecule has 0 saturated carbocycles. The van der Waals surface area contributed by atoms with Crippen molar-refractivity contribution in [3.8, 4) is 11.8 Å². The number of anilines is 2. The molecule has 7 heteroatoms. The maximum Gasteiger partial charge on any atom is 0.296 e. The molecule has 2 heterocycles. The first-order valence-corrected chi connectivity index (χ1v) is 13.3. The largest absolute Gasteiger partial charge is 0.394 e. The summed E-state index contributed by atoms with van der Waals surface area (Å²) in [5.41, 5.74) is 6.34. The molecule has 3 aromatic rings. The number of aliphatic hydroxyl groups excluding tert-OH is 1. The standard InChI is InChI=1S/C32H32N4O3/c1-22(21-37)33-29(38)16-12-23-11-15-27-28(19-23)35-32(39)30(27)31(25-7-3-2-4-8-25)34-26-13-9-24(10-14-26)20-36-17-5-6-18-36/h2-4,7-11,13-15,19,22,34,37H,5-6,17-18,20-21H2,1H3,(H,33,38)(H,35,39)/t22-/m0/s1. The summed E-state index contributed by atoms with van der Waals surface area (Å²) in [5.74, 6) is 4.69. The molecule has 1 fully saturated rings. The molecule has 2 aliphatic heterocycles. The predicted molar refractivity (Wildman–Crippen MR) is 154 cm³/mol. The van der Waals surface area contributed by atoms with Crippen LogP contribution in [0.1, 0.15) is 42.0 Å². The summed E-state index contributed by atoms with van der Waals surface area (Å²) in [6.07, 6.45) is 2.54. The molecule has 1 atom stereocenters. The fourth-order valence-corrected chi connectivity index (χ4v) is 4.85. The van der Waals surface area contributed by atoms with Gasteiger partial charge in [0, 0.05) is 29.3 Å². The van der Waals surface area contributed by atoms with Gasteiger partial charge in [0.25, 0.3) is 11.8 Å². The first-order valence-electron chi connectivity index (χ1n) is 13.3. The molecular weight excluding hydrogens is 488 g/mol. The van der Waals surface area contributed by atoms with E-state index in [1.807, 2.05) is 36.4 Å². The van der Waals surface area contributed by atoms with Gasteiger partial charge in [0.15, 0.2) is 0 Å². The Morgan fingerprint density at radius 1 is 1.05 bits per heavy atom. The Morgan fingerprint density at radius 3 is 2.51 bits per heavy atom. The number of amides is 2. The lowest BCUT2D eigenvalue weighted by Crippen LogP contribution is -2.33. The molecule has 7 nitrogen and oxygen atoms in total. The van der Waals surface area contributed by atoms with Gasteiger partial charge in [-0.25, -0.2) is 0 Å². The molecule has 198 valence electrons. The van der Waals surface area contributed by atoms with Crippen LogP contribution in [0.2, 0.25) is 0 Å². The molecule has 0 bridgehead atoms. The number of likely N-dealkylation sites (tertiary alicyclic amines) is 1. The van der Waals surface area contributed by atoms with Crippen molar-refractivity contribution in [3.05, 3.63) is 95.1 Å². The van der Waals surface area contributed by atoms with E-state index >= 15 is 0 Å². The zero-order chi connectivity index (χ0) is 27.2. The highest BCUT2D eigenvalue weighted by Crippen LogP contribution is 2.38. The van der Waals surface area contributed by atoms with Gasteiger partial charge in [-0.05, 0) is 68.2 Å². The number of nitrogens with one attached hydrogen (secondary N) is 3. The molecule has 1 saturated heterocycles. The van der Waals surface area contributed by atoms with Gasteiger partial charge in [-0.15, -0.1) is 0 Å². The molecular formula is C32H32N4O3. The smallest absolute Gasteiger partial charge is 0.296 e. The summed E-state index contributed by atoms with van der Waals surface area (Å²) >= 11 is 0. The number of fused-ring (bicyclic) bond motifs is 1. The normalized spacial score (nSPS) is 16.5. The van der Waals surface area contributed by atoms with Crippen LogP contribution in [0.5, 0.6) is 0 Å². The second-order valence-electron chi connectivity index (χ2n) is 9.94. The van der Waals surface area contributed by atoms with E-state index in [4.69, 9.17) is 5.11 Å². The molecule has 5 rings (SSSR count). The molecule has 4 N–H and O–H groups in total. The van der Waals surface area contributed by atoms with Gasteiger partial charge < -0.3 is 21.1 Å². The van der Waals surface area contributed by atoms with E-state index < -0.39 is 5.91 Å². The number of rotatable bonds is 7. The topological polar surface area (TPSA) is 93.7 Å². The number of carbonyl (C=O) groups is 2. The van der Waals surface area contributed by atoms with Crippen LogP contribution >= 0.6 is 0 Å². The fraction of sp³-hybridized carbons (Fsp3) is 0.250. The number of nitrogens with zero attached hydrogens (tertiary/aromatic N) is 1. The highest BCUT2D eigenvalue weighted by Gasteiger charge is 2.28. The average molecular weight is 521 g/mol. The number of benzene rings is 3. The minimum Gasteiger partial charge on any atom is -0.394 e. The summed E-state index contributed by atoms with van der Waals surface area (Å²) in [6.45, 7) is 4.80. The van der Waals surface area contributed by atoms with E-state index in [0.717, 1.165) is 42.1 Å². The molecule has 0 aliphatic carbocycles. The molecule has 3 aromatic carbocycles. The second kappa shape index (κ2) is 12.0. The SMILES string of the molecule is C[C@@H](CO)NC(=O)C#Cc1ccc2c(c1)NC(=O)C2=C(Nc1ccc(CN2CCCC2)cc1)c1ccccc1. The molecule has 2 aliphatic rings. The van der Waals surface area contributed by atoms with E-state index in [9.17, 15) is 9.59 Å². The van der Waals surface area contributed by atoms with Crippen molar-refractivity contribution >= 4 is 34.5 Å². The molecule has 2 amide bonds. The predicted octanol–water partition coefficient (Wildman–Crippen LogP) is 4.06. The lowest BCUT2D eigenvalue weighted by Gasteiger charge is -2.17. The van der Waals surface area contributed by atoms with Crippen LogP contribution in [0.15, 0.2) is 72.8 Å². The minimum atomic E-state index is -0.469. The number of carbonyl (C=O) groups excluding carboxylic acids is 2. The van der Waals surface area contributed by atoms with Crippen LogP contribution < -0.4 is 16.0 Å². The van der Waals surface area contributed by atoms with Crippen molar-refractivity contribution in [1.29, 1.82) is 0 Å². The van der Waals surface area contributed by atoms with Gasteiger partial charge in [-0.3, -0.25) is 14.5 Å². The summed E-state index contributed by atoms with van der Waals surface area (Å²) < 4.78 is 0. The van der Waals surface area contributed by atoms with Crippen molar-refractivity contribution in [2.45, 2.75) is 32.4 Å². The number of aliphatic hydroxyl groups is 1. The third kappa shape index (κ3) is 6.37. The molecule has 0 aromatic heterocycles. The van der Waals surface area contributed by atoms with Gasteiger partial charge in [-0.1, -0.05) is 54.5 Å².